The lowest BCUT2D eigenvalue weighted by atomic mass is 9.60. The highest BCUT2D eigenvalue weighted by Crippen LogP contribution is 2.75. The third-order valence-electron chi connectivity index (χ3n) is 8.17. The minimum Gasteiger partial charge on any atom is -0.389 e. The van der Waals surface area contributed by atoms with E-state index in [-0.39, 0.29) is 35.4 Å². The monoisotopic (exact) mass is 346 g/mol. The second-order valence-corrected chi connectivity index (χ2v) is 9.58. The lowest BCUT2D eigenvalue weighted by Gasteiger charge is -2.50. The molecule has 4 heteroatoms. The molecular formula is C21H30O4. The Labute approximate surface area is 149 Å². The van der Waals surface area contributed by atoms with Gasteiger partial charge in [0.1, 0.15) is 5.60 Å². The molecule has 0 aromatic rings. The Morgan fingerprint density at radius 3 is 2.44 bits per heavy atom. The summed E-state index contributed by atoms with van der Waals surface area (Å²) >= 11 is 0. The predicted octanol–water partition coefficient (Wildman–Crippen LogP) is 2.38. The van der Waals surface area contributed by atoms with Crippen molar-refractivity contribution in [1.82, 2.24) is 0 Å². The molecule has 4 nitrogen and oxygen atoms in total. The van der Waals surface area contributed by atoms with Crippen molar-refractivity contribution in [2.75, 3.05) is 0 Å². The minimum absolute atomic E-state index is 0.0468. The maximum absolute atomic E-state index is 12.8. The number of hydrogen-bond acceptors (Lipinski definition) is 4. The van der Waals surface area contributed by atoms with Crippen LogP contribution in [-0.4, -0.2) is 37.9 Å². The average molecular weight is 346 g/mol. The summed E-state index contributed by atoms with van der Waals surface area (Å²) in [6, 6.07) is 0. The van der Waals surface area contributed by atoms with Crippen LogP contribution in [0.1, 0.15) is 53.9 Å². The molecule has 7 atom stereocenters. The van der Waals surface area contributed by atoms with Gasteiger partial charge < -0.3 is 15.3 Å². The Hall–Kier alpha value is -0.970. The number of carbonyl (C=O) groups excluding carboxylic acids is 1. The maximum Gasteiger partial charge on any atom is 0.190 e. The third-order valence-corrected chi connectivity index (χ3v) is 8.17. The second kappa shape index (κ2) is 4.65. The SMILES string of the molecule is CCC1=C[C@H]2[C@@H]3C(C)(C)[C@]3(O)C[C@@H](C)[C@]2(O)[C@@H]2C=C(C)C(=O)[C@@]2(O)C1. The fourth-order valence-corrected chi connectivity index (χ4v) is 6.53. The molecule has 4 aliphatic rings. The molecule has 3 N–H and O–H groups in total. The van der Waals surface area contributed by atoms with E-state index in [1.807, 2.05) is 13.8 Å². The summed E-state index contributed by atoms with van der Waals surface area (Å²) in [5.74, 6) is -1.38. The standard InChI is InChI=1S/C21H30O4/c1-6-13-8-14-16-18(4,5)20(16,24)9-12(3)21(14,25)15-7-11(2)17(22)19(15,23)10-13/h7-8,12,14-16,23-25H,6,9-10H2,1-5H3/t12-,14+,15-,16-,19-,20+,21-/m1/s1. The van der Waals surface area contributed by atoms with Crippen molar-refractivity contribution in [3.8, 4) is 0 Å². The van der Waals surface area contributed by atoms with Crippen LogP contribution < -0.4 is 0 Å². The van der Waals surface area contributed by atoms with Crippen LogP contribution in [0.4, 0.5) is 0 Å². The fraction of sp³-hybridized carbons (Fsp3) is 0.762. The van der Waals surface area contributed by atoms with Crippen LogP contribution >= 0.6 is 0 Å². The molecule has 0 aromatic heterocycles. The van der Waals surface area contributed by atoms with Crippen LogP contribution in [0.5, 0.6) is 0 Å². The number of ketones is 1. The molecule has 0 unspecified atom stereocenters. The van der Waals surface area contributed by atoms with Crippen molar-refractivity contribution in [1.29, 1.82) is 0 Å². The molecule has 2 fully saturated rings. The van der Waals surface area contributed by atoms with Gasteiger partial charge in [-0.3, -0.25) is 4.79 Å². The highest BCUT2D eigenvalue weighted by Gasteiger charge is 2.80. The first-order chi connectivity index (χ1) is 11.4. The number of Topliss-reactive ketones (excluding diaryl/α,β-unsaturated/α-hetero) is 1. The largest absolute Gasteiger partial charge is 0.389 e. The van der Waals surface area contributed by atoms with E-state index in [1.54, 1.807) is 13.0 Å². The van der Waals surface area contributed by atoms with Crippen molar-refractivity contribution in [2.24, 2.45) is 29.1 Å². The number of carbonyl (C=O) groups is 1. The van der Waals surface area contributed by atoms with E-state index in [0.717, 1.165) is 12.0 Å². The smallest absolute Gasteiger partial charge is 0.190 e. The molecule has 0 aliphatic heterocycles. The molecule has 138 valence electrons. The summed E-state index contributed by atoms with van der Waals surface area (Å²) in [7, 11) is 0. The summed E-state index contributed by atoms with van der Waals surface area (Å²) in [6.07, 6.45) is 5.37. The Morgan fingerprint density at radius 2 is 1.84 bits per heavy atom. The first-order valence-corrected chi connectivity index (χ1v) is 9.54. The van der Waals surface area contributed by atoms with Gasteiger partial charge in [0.25, 0.3) is 0 Å². The molecule has 0 radical (unpaired) electrons. The number of hydrogen-bond donors (Lipinski definition) is 3. The molecule has 0 heterocycles. The first-order valence-electron chi connectivity index (χ1n) is 9.54. The van der Waals surface area contributed by atoms with E-state index in [0.29, 0.717) is 12.0 Å². The van der Waals surface area contributed by atoms with Gasteiger partial charge in [0.2, 0.25) is 0 Å². The Morgan fingerprint density at radius 1 is 1.20 bits per heavy atom. The van der Waals surface area contributed by atoms with Crippen LogP contribution in [0.2, 0.25) is 0 Å². The molecule has 0 amide bonds. The molecule has 0 spiro atoms. The van der Waals surface area contributed by atoms with Gasteiger partial charge in [-0.05, 0) is 31.3 Å². The van der Waals surface area contributed by atoms with Crippen LogP contribution in [0.25, 0.3) is 0 Å². The lowest BCUT2D eigenvalue weighted by molar-refractivity contribution is -0.177. The van der Waals surface area contributed by atoms with Crippen molar-refractivity contribution >= 4 is 5.78 Å². The van der Waals surface area contributed by atoms with Gasteiger partial charge in [0, 0.05) is 29.6 Å². The summed E-state index contributed by atoms with van der Waals surface area (Å²) in [5.41, 5.74) is -2.27. The van der Waals surface area contributed by atoms with E-state index in [1.165, 1.54) is 0 Å². The molecule has 0 bridgehead atoms. The third kappa shape index (κ3) is 1.76. The van der Waals surface area contributed by atoms with Gasteiger partial charge in [-0.25, -0.2) is 0 Å². The topological polar surface area (TPSA) is 77.8 Å². The summed E-state index contributed by atoms with van der Waals surface area (Å²) in [6.45, 7) is 9.83. The van der Waals surface area contributed by atoms with Gasteiger partial charge in [-0.2, -0.15) is 0 Å². The number of aliphatic hydroxyl groups is 3. The van der Waals surface area contributed by atoms with Gasteiger partial charge in [0.15, 0.2) is 5.78 Å². The lowest BCUT2D eigenvalue weighted by Crippen LogP contribution is -2.60. The van der Waals surface area contributed by atoms with Crippen molar-refractivity contribution in [2.45, 2.75) is 70.7 Å². The summed E-state index contributed by atoms with van der Waals surface area (Å²) in [5, 5.41) is 34.5. The molecule has 2 saturated carbocycles. The van der Waals surface area contributed by atoms with E-state index in [9.17, 15) is 20.1 Å². The van der Waals surface area contributed by atoms with Gasteiger partial charge in [0.05, 0.1) is 11.2 Å². The van der Waals surface area contributed by atoms with Crippen molar-refractivity contribution < 1.29 is 20.1 Å². The van der Waals surface area contributed by atoms with Crippen LogP contribution in [-0.2, 0) is 4.79 Å². The molecule has 0 aromatic carbocycles. The van der Waals surface area contributed by atoms with Gasteiger partial charge >= 0.3 is 0 Å². The van der Waals surface area contributed by atoms with Gasteiger partial charge in [-0.1, -0.05) is 45.4 Å². The first kappa shape index (κ1) is 17.4. The highest BCUT2D eigenvalue weighted by molar-refractivity contribution is 6.04. The molecule has 4 rings (SSSR count). The molecule has 25 heavy (non-hydrogen) atoms. The van der Waals surface area contributed by atoms with Crippen molar-refractivity contribution in [3.05, 3.63) is 23.3 Å². The zero-order chi connectivity index (χ0) is 18.6. The maximum atomic E-state index is 12.8. The van der Waals surface area contributed by atoms with Crippen LogP contribution in [0.3, 0.4) is 0 Å². The number of rotatable bonds is 1. The number of fused-ring (bicyclic) bond motifs is 5. The Balaban J connectivity index is 1.92. The summed E-state index contributed by atoms with van der Waals surface area (Å²) in [4.78, 5) is 12.8. The van der Waals surface area contributed by atoms with Crippen LogP contribution in [0.15, 0.2) is 23.3 Å². The van der Waals surface area contributed by atoms with Gasteiger partial charge in [-0.15, -0.1) is 0 Å². The minimum atomic E-state index is -1.56. The average Bonchev–Trinajstić information content (AvgIpc) is 2.90. The van der Waals surface area contributed by atoms with E-state index in [4.69, 9.17) is 0 Å². The molecular weight excluding hydrogens is 316 g/mol. The molecule has 0 saturated heterocycles. The second-order valence-electron chi connectivity index (χ2n) is 9.58. The zero-order valence-electron chi connectivity index (χ0n) is 15.8. The van der Waals surface area contributed by atoms with Crippen molar-refractivity contribution in [3.63, 3.8) is 0 Å². The Kier molecular flexibility index (Phi) is 3.24. The van der Waals surface area contributed by atoms with E-state index >= 15 is 0 Å². The fourth-order valence-electron chi connectivity index (χ4n) is 6.53. The van der Waals surface area contributed by atoms with E-state index < -0.39 is 22.7 Å². The summed E-state index contributed by atoms with van der Waals surface area (Å²) < 4.78 is 0. The predicted molar refractivity (Wildman–Crippen MR) is 94.6 cm³/mol. The highest BCUT2D eigenvalue weighted by atomic mass is 16.3. The quantitative estimate of drug-likeness (QED) is 0.637. The Bertz CT molecular complexity index is 719. The zero-order valence-corrected chi connectivity index (χ0v) is 15.8. The van der Waals surface area contributed by atoms with Crippen LogP contribution in [0, 0.1) is 29.1 Å². The molecule has 4 aliphatic carbocycles. The van der Waals surface area contributed by atoms with E-state index in [2.05, 4.69) is 19.9 Å². The normalized spacial score (nSPS) is 53.2.